The van der Waals surface area contributed by atoms with Crippen LogP contribution < -0.4 is 5.32 Å². The van der Waals surface area contributed by atoms with Crippen molar-refractivity contribution in [1.82, 2.24) is 5.32 Å². The zero-order chi connectivity index (χ0) is 14.3. The van der Waals surface area contributed by atoms with Crippen molar-refractivity contribution in [3.05, 3.63) is 35.9 Å². The first-order valence-corrected chi connectivity index (χ1v) is 7.78. The number of nitrogens with one attached hydrogen (secondary N) is 1. The predicted molar refractivity (Wildman–Crippen MR) is 72.5 cm³/mol. The van der Waals surface area contributed by atoms with Gasteiger partial charge in [0.15, 0.2) is 15.6 Å². The van der Waals surface area contributed by atoms with E-state index in [1.165, 1.54) is 0 Å². The van der Waals surface area contributed by atoms with Gasteiger partial charge in [-0.2, -0.15) is 0 Å². The van der Waals surface area contributed by atoms with E-state index >= 15 is 0 Å². The van der Waals surface area contributed by atoms with Gasteiger partial charge in [-0.1, -0.05) is 30.3 Å². The standard InChI is InChI=1S/C13H17NO4S/c1-2-14-13(16)10-19(17,18)9-12(15)8-11-6-4-3-5-7-11/h3-7H,2,8-10H2,1H3,(H,14,16). The smallest absolute Gasteiger partial charge is 0.235 e. The van der Waals surface area contributed by atoms with Gasteiger partial charge in [-0.05, 0) is 12.5 Å². The molecule has 6 heteroatoms. The number of rotatable bonds is 7. The molecule has 0 aliphatic heterocycles. The second kappa shape index (κ2) is 7.04. The van der Waals surface area contributed by atoms with Crippen molar-refractivity contribution in [2.45, 2.75) is 13.3 Å². The van der Waals surface area contributed by atoms with Crippen molar-refractivity contribution in [3.63, 3.8) is 0 Å². The van der Waals surface area contributed by atoms with Crippen LogP contribution in [0, 0.1) is 0 Å². The summed E-state index contributed by atoms with van der Waals surface area (Å²) < 4.78 is 23.3. The minimum atomic E-state index is -3.68. The third-order valence-corrected chi connectivity index (χ3v) is 3.81. The van der Waals surface area contributed by atoms with Crippen LogP contribution in [0.3, 0.4) is 0 Å². The van der Waals surface area contributed by atoms with Crippen molar-refractivity contribution in [3.8, 4) is 0 Å². The average molecular weight is 283 g/mol. The van der Waals surface area contributed by atoms with Crippen LogP contribution in [0.2, 0.25) is 0 Å². The van der Waals surface area contributed by atoms with Crippen LogP contribution in [0.5, 0.6) is 0 Å². The summed E-state index contributed by atoms with van der Waals surface area (Å²) in [5.74, 6) is -2.22. The van der Waals surface area contributed by atoms with E-state index in [4.69, 9.17) is 0 Å². The first-order valence-electron chi connectivity index (χ1n) is 5.95. The van der Waals surface area contributed by atoms with Crippen LogP contribution in [0.1, 0.15) is 12.5 Å². The van der Waals surface area contributed by atoms with Crippen LogP contribution in [-0.4, -0.2) is 38.2 Å². The summed E-state index contributed by atoms with van der Waals surface area (Å²) in [6.07, 6.45) is 0.0649. The maximum Gasteiger partial charge on any atom is 0.235 e. The van der Waals surface area contributed by atoms with Crippen LogP contribution in [0.15, 0.2) is 30.3 Å². The molecule has 0 aliphatic carbocycles. The number of Topliss-reactive ketones (excluding diaryl/α,β-unsaturated/α-hetero) is 1. The van der Waals surface area contributed by atoms with Gasteiger partial charge in [-0.3, -0.25) is 9.59 Å². The van der Waals surface area contributed by atoms with Crippen molar-refractivity contribution < 1.29 is 18.0 Å². The third-order valence-electron chi connectivity index (χ3n) is 2.35. The molecule has 104 valence electrons. The van der Waals surface area contributed by atoms with E-state index in [0.29, 0.717) is 6.54 Å². The van der Waals surface area contributed by atoms with E-state index in [1.54, 1.807) is 31.2 Å². The second-order valence-corrected chi connectivity index (χ2v) is 6.25. The Kier molecular flexibility index (Phi) is 5.69. The molecule has 0 heterocycles. The lowest BCUT2D eigenvalue weighted by atomic mass is 10.1. The lowest BCUT2D eigenvalue weighted by molar-refractivity contribution is -0.118. The van der Waals surface area contributed by atoms with Gasteiger partial charge in [0.2, 0.25) is 5.91 Å². The molecule has 0 radical (unpaired) electrons. The zero-order valence-corrected chi connectivity index (χ0v) is 11.6. The molecule has 1 aromatic rings. The van der Waals surface area contributed by atoms with Gasteiger partial charge in [-0.15, -0.1) is 0 Å². The summed E-state index contributed by atoms with van der Waals surface area (Å²) >= 11 is 0. The summed E-state index contributed by atoms with van der Waals surface area (Å²) in [6, 6.07) is 8.90. The van der Waals surface area contributed by atoms with Gasteiger partial charge in [-0.25, -0.2) is 8.42 Å². The minimum Gasteiger partial charge on any atom is -0.356 e. The van der Waals surface area contributed by atoms with Gasteiger partial charge >= 0.3 is 0 Å². The van der Waals surface area contributed by atoms with Gasteiger partial charge in [0.25, 0.3) is 0 Å². The molecule has 0 saturated heterocycles. The number of benzene rings is 1. The third kappa shape index (κ3) is 6.15. The first-order chi connectivity index (χ1) is 8.93. The summed E-state index contributed by atoms with van der Waals surface area (Å²) in [4.78, 5) is 22.9. The molecule has 19 heavy (non-hydrogen) atoms. The molecule has 1 N–H and O–H groups in total. The molecule has 0 aromatic heterocycles. The lowest BCUT2D eigenvalue weighted by Gasteiger charge is -2.04. The van der Waals surface area contributed by atoms with E-state index in [9.17, 15) is 18.0 Å². The molecule has 0 aliphatic rings. The van der Waals surface area contributed by atoms with Crippen LogP contribution >= 0.6 is 0 Å². The number of sulfone groups is 1. The number of carbonyl (C=O) groups is 2. The molecule has 0 unspecified atom stereocenters. The molecular formula is C13H17NO4S. The minimum absolute atomic E-state index is 0.0649. The Labute approximate surface area is 112 Å². The van der Waals surface area contributed by atoms with Crippen molar-refractivity contribution >= 4 is 21.5 Å². The highest BCUT2D eigenvalue weighted by Gasteiger charge is 2.20. The predicted octanol–water partition coefficient (Wildman–Crippen LogP) is 0.349. The average Bonchev–Trinajstić information content (AvgIpc) is 2.28. The SMILES string of the molecule is CCNC(=O)CS(=O)(=O)CC(=O)Cc1ccccc1. The van der Waals surface area contributed by atoms with E-state index in [0.717, 1.165) is 5.56 Å². The molecule has 0 atom stereocenters. The Morgan fingerprint density at radius 2 is 1.74 bits per heavy atom. The Morgan fingerprint density at radius 1 is 1.11 bits per heavy atom. The monoisotopic (exact) mass is 283 g/mol. The van der Waals surface area contributed by atoms with Gasteiger partial charge in [0, 0.05) is 13.0 Å². The van der Waals surface area contributed by atoms with E-state index < -0.39 is 33.0 Å². The van der Waals surface area contributed by atoms with Crippen molar-refractivity contribution in [2.24, 2.45) is 0 Å². The molecule has 0 spiro atoms. The Hall–Kier alpha value is -1.69. The van der Waals surface area contributed by atoms with Gasteiger partial charge < -0.3 is 5.32 Å². The van der Waals surface area contributed by atoms with Crippen molar-refractivity contribution in [1.29, 1.82) is 0 Å². The molecular weight excluding hydrogens is 266 g/mol. The molecule has 0 saturated carbocycles. The maximum absolute atomic E-state index is 11.7. The highest BCUT2D eigenvalue weighted by Crippen LogP contribution is 2.02. The first kappa shape index (κ1) is 15.4. The van der Waals surface area contributed by atoms with E-state index in [2.05, 4.69) is 5.32 Å². The van der Waals surface area contributed by atoms with E-state index in [-0.39, 0.29) is 6.42 Å². The normalized spacial score (nSPS) is 11.0. The molecule has 0 fully saturated rings. The highest BCUT2D eigenvalue weighted by atomic mass is 32.2. The largest absolute Gasteiger partial charge is 0.356 e. The number of hydrogen-bond donors (Lipinski definition) is 1. The molecule has 1 rings (SSSR count). The molecule has 0 bridgehead atoms. The maximum atomic E-state index is 11.7. The fourth-order valence-electron chi connectivity index (χ4n) is 1.62. The number of amides is 1. The van der Waals surface area contributed by atoms with Gasteiger partial charge in [0.05, 0.1) is 0 Å². The summed E-state index contributed by atoms with van der Waals surface area (Å²) in [6.45, 7) is 2.07. The molecule has 1 amide bonds. The zero-order valence-electron chi connectivity index (χ0n) is 10.8. The van der Waals surface area contributed by atoms with E-state index in [1.807, 2.05) is 6.07 Å². The highest BCUT2D eigenvalue weighted by molar-refractivity contribution is 7.92. The quantitative estimate of drug-likeness (QED) is 0.783. The summed E-state index contributed by atoms with van der Waals surface area (Å²) in [7, 11) is -3.68. The Bertz CT molecular complexity index is 537. The summed E-state index contributed by atoms with van der Waals surface area (Å²) in [5.41, 5.74) is 0.765. The van der Waals surface area contributed by atoms with Crippen LogP contribution in [0.25, 0.3) is 0 Å². The second-order valence-electron chi connectivity index (χ2n) is 4.19. The summed E-state index contributed by atoms with van der Waals surface area (Å²) in [5, 5.41) is 2.40. The number of ketones is 1. The number of carbonyl (C=O) groups excluding carboxylic acids is 2. The van der Waals surface area contributed by atoms with Crippen LogP contribution in [-0.2, 0) is 25.8 Å². The number of hydrogen-bond acceptors (Lipinski definition) is 4. The molecule has 1 aromatic carbocycles. The Morgan fingerprint density at radius 3 is 2.32 bits per heavy atom. The Balaban J connectivity index is 2.54. The lowest BCUT2D eigenvalue weighted by Crippen LogP contribution is -2.32. The molecule has 5 nitrogen and oxygen atoms in total. The van der Waals surface area contributed by atoms with Gasteiger partial charge in [0.1, 0.15) is 11.5 Å². The van der Waals surface area contributed by atoms with Crippen LogP contribution in [0.4, 0.5) is 0 Å². The van der Waals surface area contributed by atoms with Crippen molar-refractivity contribution in [2.75, 3.05) is 18.1 Å². The topological polar surface area (TPSA) is 80.3 Å². The fraction of sp³-hybridized carbons (Fsp3) is 0.385. The fourth-order valence-corrected chi connectivity index (χ4v) is 2.82.